The first kappa shape index (κ1) is 10.3. The molecule has 0 aliphatic heterocycles. The van der Waals surface area contributed by atoms with E-state index in [1.165, 1.54) is 16.3 Å². The first-order valence-corrected chi connectivity index (χ1v) is 5.69. The standard InChI is InChI=1S/C8H12N4O2S/c1-12-7(14)10-11-8(12)15-4-6(13)9-5-2-3-5/h5H,2-4H2,1H3,(H,9,13)(H,10,14). The second-order valence-electron chi connectivity index (χ2n) is 3.50. The smallest absolute Gasteiger partial charge is 0.343 e. The summed E-state index contributed by atoms with van der Waals surface area (Å²) in [6.07, 6.45) is 2.16. The zero-order valence-electron chi connectivity index (χ0n) is 8.32. The van der Waals surface area contributed by atoms with Crippen LogP contribution >= 0.6 is 11.8 Å². The molecule has 0 bridgehead atoms. The summed E-state index contributed by atoms with van der Waals surface area (Å²) in [6.45, 7) is 0. The number of aromatic amines is 1. The number of aromatic nitrogens is 3. The molecule has 0 radical (unpaired) electrons. The maximum absolute atomic E-state index is 11.3. The van der Waals surface area contributed by atoms with Crippen molar-refractivity contribution >= 4 is 17.7 Å². The SMILES string of the molecule is Cn1c(SCC(=O)NC2CC2)n[nH]c1=O. The highest BCUT2D eigenvalue weighted by atomic mass is 32.2. The average molecular weight is 228 g/mol. The lowest BCUT2D eigenvalue weighted by Crippen LogP contribution is -2.27. The Kier molecular flexibility index (Phi) is 2.81. The minimum absolute atomic E-state index is 0.00190. The normalized spacial score (nSPS) is 15.3. The topological polar surface area (TPSA) is 79.8 Å². The molecule has 1 aliphatic carbocycles. The number of hydrogen-bond acceptors (Lipinski definition) is 4. The van der Waals surface area contributed by atoms with Gasteiger partial charge >= 0.3 is 5.69 Å². The third-order valence-electron chi connectivity index (χ3n) is 2.11. The predicted molar refractivity (Wildman–Crippen MR) is 55.7 cm³/mol. The van der Waals surface area contributed by atoms with Crippen LogP contribution in [0.15, 0.2) is 9.95 Å². The van der Waals surface area contributed by atoms with Gasteiger partial charge in [0.25, 0.3) is 0 Å². The Morgan fingerprint density at radius 1 is 1.73 bits per heavy atom. The van der Waals surface area contributed by atoms with E-state index in [-0.39, 0.29) is 11.6 Å². The van der Waals surface area contributed by atoms with Crippen LogP contribution in [0.3, 0.4) is 0 Å². The van der Waals surface area contributed by atoms with Crippen LogP contribution in [0.5, 0.6) is 0 Å². The highest BCUT2D eigenvalue weighted by Crippen LogP contribution is 2.19. The second kappa shape index (κ2) is 4.09. The van der Waals surface area contributed by atoms with Crippen molar-refractivity contribution < 1.29 is 4.79 Å². The van der Waals surface area contributed by atoms with E-state index in [4.69, 9.17) is 0 Å². The number of nitrogens with zero attached hydrogens (tertiary/aromatic N) is 2. The molecule has 1 heterocycles. The van der Waals surface area contributed by atoms with E-state index in [1.54, 1.807) is 7.05 Å². The van der Waals surface area contributed by atoms with Crippen molar-refractivity contribution in [3.8, 4) is 0 Å². The number of rotatable bonds is 4. The Morgan fingerprint density at radius 3 is 3.00 bits per heavy atom. The third-order valence-corrected chi connectivity index (χ3v) is 3.14. The number of amides is 1. The van der Waals surface area contributed by atoms with Gasteiger partial charge in [0, 0.05) is 13.1 Å². The summed E-state index contributed by atoms with van der Waals surface area (Å²) in [4.78, 5) is 22.3. The van der Waals surface area contributed by atoms with E-state index in [0.717, 1.165) is 12.8 Å². The highest BCUT2D eigenvalue weighted by molar-refractivity contribution is 7.99. The first-order valence-electron chi connectivity index (χ1n) is 4.70. The van der Waals surface area contributed by atoms with Crippen molar-refractivity contribution in [1.82, 2.24) is 20.1 Å². The van der Waals surface area contributed by atoms with Crippen LogP contribution in [-0.2, 0) is 11.8 Å². The molecule has 1 amide bonds. The van der Waals surface area contributed by atoms with Crippen LogP contribution in [0.4, 0.5) is 0 Å². The maximum Gasteiger partial charge on any atom is 0.343 e. The van der Waals surface area contributed by atoms with Gasteiger partial charge in [0.15, 0.2) is 5.16 Å². The van der Waals surface area contributed by atoms with Crippen molar-refractivity contribution in [2.75, 3.05) is 5.75 Å². The molecule has 2 N–H and O–H groups in total. The van der Waals surface area contributed by atoms with Crippen LogP contribution in [0, 0.1) is 0 Å². The molecule has 0 spiro atoms. The van der Waals surface area contributed by atoms with E-state index >= 15 is 0 Å². The minimum atomic E-state index is -0.264. The summed E-state index contributed by atoms with van der Waals surface area (Å²) in [6, 6.07) is 0.376. The summed E-state index contributed by atoms with van der Waals surface area (Å²) >= 11 is 1.25. The summed E-state index contributed by atoms with van der Waals surface area (Å²) < 4.78 is 1.38. The Bertz CT molecular complexity index is 421. The number of carbonyl (C=O) groups excluding carboxylic acids is 1. The van der Waals surface area contributed by atoms with E-state index in [1.807, 2.05) is 0 Å². The maximum atomic E-state index is 11.3. The Morgan fingerprint density at radius 2 is 2.47 bits per heavy atom. The van der Waals surface area contributed by atoms with Crippen LogP contribution in [-0.4, -0.2) is 32.5 Å². The average Bonchev–Trinajstić information content (AvgIpc) is 2.95. The first-order chi connectivity index (χ1) is 7.16. The zero-order valence-corrected chi connectivity index (χ0v) is 9.13. The monoisotopic (exact) mass is 228 g/mol. The fourth-order valence-corrected chi connectivity index (χ4v) is 1.82. The van der Waals surface area contributed by atoms with Crippen molar-refractivity contribution in [2.45, 2.75) is 24.0 Å². The van der Waals surface area contributed by atoms with Gasteiger partial charge in [-0.3, -0.25) is 9.36 Å². The molecule has 1 aliphatic rings. The molecular formula is C8H12N4O2S. The van der Waals surface area contributed by atoms with Gasteiger partial charge in [-0.25, -0.2) is 9.89 Å². The second-order valence-corrected chi connectivity index (χ2v) is 4.44. The summed E-state index contributed by atoms with van der Waals surface area (Å²) in [7, 11) is 1.62. The molecule has 1 fully saturated rings. The Balaban J connectivity index is 1.84. The molecule has 0 atom stereocenters. The molecule has 0 unspecified atom stereocenters. The lowest BCUT2D eigenvalue weighted by atomic mass is 10.6. The number of carbonyl (C=O) groups is 1. The van der Waals surface area contributed by atoms with Gasteiger partial charge in [-0.05, 0) is 12.8 Å². The molecule has 1 saturated carbocycles. The number of hydrogen-bond donors (Lipinski definition) is 2. The van der Waals surface area contributed by atoms with Crippen LogP contribution in [0.25, 0.3) is 0 Å². The van der Waals surface area contributed by atoms with Crippen LogP contribution < -0.4 is 11.0 Å². The van der Waals surface area contributed by atoms with Crippen molar-refractivity contribution in [3.63, 3.8) is 0 Å². The Hall–Kier alpha value is -1.24. The molecule has 2 rings (SSSR count). The lowest BCUT2D eigenvalue weighted by molar-refractivity contribution is -0.118. The molecule has 1 aromatic rings. The van der Waals surface area contributed by atoms with Crippen LogP contribution in [0.1, 0.15) is 12.8 Å². The number of nitrogens with one attached hydrogen (secondary N) is 2. The lowest BCUT2D eigenvalue weighted by Gasteiger charge is -2.01. The van der Waals surface area contributed by atoms with Crippen LogP contribution in [0.2, 0.25) is 0 Å². The Labute approximate surface area is 90.4 Å². The summed E-state index contributed by atoms with van der Waals surface area (Å²) in [5.74, 6) is 0.298. The molecule has 6 nitrogen and oxygen atoms in total. The number of H-pyrrole nitrogens is 1. The van der Waals surface area contributed by atoms with Gasteiger partial charge in [-0.1, -0.05) is 11.8 Å². The van der Waals surface area contributed by atoms with E-state index in [9.17, 15) is 9.59 Å². The molecule has 7 heteroatoms. The largest absolute Gasteiger partial charge is 0.353 e. The van der Waals surface area contributed by atoms with Gasteiger partial charge in [0.1, 0.15) is 0 Å². The zero-order chi connectivity index (χ0) is 10.8. The van der Waals surface area contributed by atoms with Gasteiger partial charge in [0.2, 0.25) is 5.91 Å². The molecular weight excluding hydrogens is 216 g/mol. The summed E-state index contributed by atoms with van der Waals surface area (Å²) in [5.41, 5.74) is -0.264. The molecule has 15 heavy (non-hydrogen) atoms. The molecule has 82 valence electrons. The fourth-order valence-electron chi connectivity index (χ4n) is 1.09. The fraction of sp³-hybridized carbons (Fsp3) is 0.625. The van der Waals surface area contributed by atoms with Gasteiger partial charge in [-0.2, -0.15) is 0 Å². The molecule has 0 saturated heterocycles. The van der Waals surface area contributed by atoms with E-state index < -0.39 is 0 Å². The molecule has 0 aromatic carbocycles. The number of thioether (sulfide) groups is 1. The third kappa shape index (κ3) is 2.62. The highest BCUT2D eigenvalue weighted by Gasteiger charge is 2.23. The van der Waals surface area contributed by atoms with E-state index in [0.29, 0.717) is 17.0 Å². The summed E-state index contributed by atoms with van der Waals surface area (Å²) in [5, 5.41) is 9.51. The van der Waals surface area contributed by atoms with Crippen molar-refractivity contribution in [3.05, 3.63) is 10.5 Å². The quantitative estimate of drug-likeness (QED) is 0.679. The van der Waals surface area contributed by atoms with Gasteiger partial charge in [-0.15, -0.1) is 5.10 Å². The van der Waals surface area contributed by atoms with E-state index in [2.05, 4.69) is 15.5 Å². The van der Waals surface area contributed by atoms with Gasteiger partial charge in [0.05, 0.1) is 5.75 Å². The molecule has 1 aromatic heterocycles. The predicted octanol–water partition coefficient (Wildman–Crippen LogP) is -0.521. The van der Waals surface area contributed by atoms with Crippen molar-refractivity contribution in [1.29, 1.82) is 0 Å². The minimum Gasteiger partial charge on any atom is -0.353 e. The van der Waals surface area contributed by atoms with Crippen molar-refractivity contribution in [2.24, 2.45) is 7.05 Å². The van der Waals surface area contributed by atoms with Gasteiger partial charge < -0.3 is 5.32 Å².